The monoisotopic (exact) mass is 460 g/mol. The van der Waals surface area contributed by atoms with Crippen molar-refractivity contribution in [2.45, 2.75) is 58.4 Å². The van der Waals surface area contributed by atoms with E-state index in [1.807, 2.05) is 67.4 Å². The lowest BCUT2D eigenvalue weighted by Crippen LogP contribution is -2.19. The van der Waals surface area contributed by atoms with Gasteiger partial charge in [-0.2, -0.15) is 0 Å². The minimum atomic E-state index is -0.274. The number of benzene rings is 1. The molecule has 0 fully saturated rings. The molecule has 1 atom stereocenters. The molecule has 0 aliphatic carbocycles. The number of halogens is 1. The first-order chi connectivity index (χ1) is 16.2. The first-order valence-corrected chi connectivity index (χ1v) is 11.6. The van der Waals surface area contributed by atoms with E-state index in [-0.39, 0.29) is 17.2 Å². The molecule has 4 aromatic rings. The molecule has 1 aliphatic heterocycles. The predicted molar refractivity (Wildman–Crippen MR) is 128 cm³/mol. The van der Waals surface area contributed by atoms with E-state index in [0.717, 1.165) is 47.7 Å². The van der Waals surface area contributed by atoms with Crippen LogP contribution < -0.4 is 4.74 Å². The van der Waals surface area contributed by atoms with Crippen LogP contribution in [-0.2, 0) is 12.0 Å². The van der Waals surface area contributed by atoms with Crippen LogP contribution in [0.5, 0.6) is 5.88 Å². The van der Waals surface area contributed by atoms with Gasteiger partial charge in [-0.3, -0.25) is 0 Å². The van der Waals surface area contributed by atoms with Crippen molar-refractivity contribution in [1.29, 1.82) is 0 Å². The van der Waals surface area contributed by atoms with Gasteiger partial charge in [-0.1, -0.05) is 32.9 Å². The molecule has 4 heterocycles. The molecule has 7 nitrogen and oxygen atoms in total. The smallest absolute Gasteiger partial charge is 0.238 e. The fourth-order valence-corrected chi connectivity index (χ4v) is 4.57. The number of fused-ring (bicyclic) bond motifs is 1. The molecule has 3 aromatic heterocycles. The maximum atomic E-state index is 14.5. The fraction of sp³-hybridized carbons (Fsp3) is 0.385. The summed E-state index contributed by atoms with van der Waals surface area (Å²) >= 11 is 0. The summed E-state index contributed by atoms with van der Waals surface area (Å²) in [6.07, 6.45) is 5.59. The van der Waals surface area contributed by atoms with Gasteiger partial charge in [0, 0.05) is 18.7 Å². The molecule has 0 bridgehead atoms. The number of imidazole rings is 1. The predicted octanol–water partition coefficient (Wildman–Crippen LogP) is 5.21. The minimum absolute atomic E-state index is 0.0618. The van der Waals surface area contributed by atoms with Gasteiger partial charge in [0.2, 0.25) is 5.88 Å². The highest BCUT2D eigenvalue weighted by Crippen LogP contribution is 2.36. The lowest BCUT2D eigenvalue weighted by molar-refractivity contribution is 0.396. The van der Waals surface area contributed by atoms with Crippen LogP contribution >= 0.6 is 0 Å². The second-order valence-electron chi connectivity index (χ2n) is 9.85. The lowest BCUT2D eigenvalue weighted by Gasteiger charge is -2.25. The Morgan fingerprint density at radius 1 is 1.12 bits per heavy atom. The molecule has 176 valence electrons. The summed E-state index contributed by atoms with van der Waals surface area (Å²) in [7, 11) is 1.60. The first-order valence-electron chi connectivity index (χ1n) is 11.6. The number of aromatic nitrogens is 6. The minimum Gasteiger partial charge on any atom is -0.479 e. The average Bonchev–Trinajstić information content (AvgIpc) is 3.44. The van der Waals surface area contributed by atoms with Gasteiger partial charge in [0.05, 0.1) is 19.1 Å². The molecule has 0 unspecified atom stereocenters. The van der Waals surface area contributed by atoms with Gasteiger partial charge in [0.1, 0.15) is 23.0 Å². The highest BCUT2D eigenvalue weighted by molar-refractivity contribution is 5.55. The van der Waals surface area contributed by atoms with Crippen LogP contribution in [0.1, 0.15) is 62.2 Å². The third-order valence-electron chi connectivity index (χ3n) is 6.33. The van der Waals surface area contributed by atoms with Crippen molar-refractivity contribution in [2.24, 2.45) is 0 Å². The number of hydrogen-bond acceptors (Lipinski definition) is 5. The van der Waals surface area contributed by atoms with Gasteiger partial charge in [0.25, 0.3) is 0 Å². The molecule has 1 aliphatic rings. The maximum absolute atomic E-state index is 14.5. The van der Waals surface area contributed by atoms with E-state index in [9.17, 15) is 4.39 Å². The Balaban J connectivity index is 1.52. The molecule has 0 radical (unpaired) electrons. The molecule has 0 N–H and O–H groups in total. The third kappa shape index (κ3) is 3.97. The first kappa shape index (κ1) is 22.3. The summed E-state index contributed by atoms with van der Waals surface area (Å²) < 4.78 is 23.9. The molecule has 1 aromatic carbocycles. The summed E-state index contributed by atoms with van der Waals surface area (Å²) in [5.74, 6) is 1.83. The second-order valence-corrected chi connectivity index (χ2v) is 9.85. The molecule has 8 heteroatoms. The van der Waals surface area contributed by atoms with Gasteiger partial charge in [-0.05, 0) is 54.5 Å². The van der Waals surface area contributed by atoms with Crippen molar-refractivity contribution in [2.75, 3.05) is 7.11 Å². The van der Waals surface area contributed by atoms with E-state index in [4.69, 9.17) is 14.8 Å². The molecule has 0 saturated carbocycles. The Bertz CT molecular complexity index is 1350. The van der Waals surface area contributed by atoms with Crippen molar-refractivity contribution in [3.05, 3.63) is 71.3 Å². The zero-order valence-corrected chi connectivity index (χ0v) is 20.2. The van der Waals surface area contributed by atoms with Crippen LogP contribution in [0.2, 0.25) is 0 Å². The maximum Gasteiger partial charge on any atom is 0.238 e. The topological polar surface area (TPSA) is 70.7 Å². The standard InChI is InChI=1S/C26H29FN6O/c1-16-14-32(15-28-16)22-11-10-21(29-25(22)34-5)23-30-24-18(7-6-12-33(24)31-23)17-8-9-20(27)19(13-17)26(2,3)4/h8-11,13-15,18H,6-7,12H2,1-5H3/t18-/m0/s1. The molecule has 34 heavy (non-hydrogen) atoms. The Kier molecular flexibility index (Phi) is 5.46. The van der Waals surface area contributed by atoms with Gasteiger partial charge in [0.15, 0.2) is 5.82 Å². The Morgan fingerprint density at radius 3 is 2.65 bits per heavy atom. The van der Waals surface area contributed by atoms with E-state index in [2.05, 4.69) is 9.97 Å². The van der Waals surface area contributed by atoms with E-state index in [0.29, 0.717) is 17.4 Å². The van der Waals surface area contributed by atoms with Crippen LogP contribution in [0.25, 0.3) is 17.2 Å². The normalized spacial score (nSPS) is 15.9. The quantitative estimate of drug-likeness (QED) is 0.418. The van der Waals surface area contributed by atoms with Crippen molar-refractivity contribution in [3.63, 3.8) is 0 Å². The van der Waals surface area contributed by atoms with Crippen LogP contribution in [-0.4, -0.2) is 36.4 Å². The van der Waals surface area contributed by atoms with Crippen LogP contribution in [0.15, 0.2) is 42.9 Å². The number of aryl methyl sites for hydroxylation is 2. The third-order valence-corrected chi connectivity index (χ3v) is 6.33. The van der Waals surface area contributed by atoms with Crippen LogP contribution in [0.4, 0.5) is 4.39 Å². The largest absolute Gasteiger partial charge is 0.479 e. The Hall–Kier alpha value is -3.55. The van der Waals surface area contributed by atoms with Crippen LogP contribution in [0.3, 0.4) is 0 Å². The fourth-order valence-electron chi connectivity index (χ4n) is 4.57. The zero-order valence-electron chi connectivity index (χ0n) is 20.2. The van der Waals surface area contributed by atoms with Crippen molar-refractivity contribution in [3.8, 4) is 23.1 Å². The summed E-state index contributed by atoms with van der Waals surface area (Å²) in [6.45, 7) is 8.83. The highest BCUT2D eigenvalue weighted by Gasteiger charge is 2.29. The highest BCUT2D eigenvalue weighted by atomic mass is 19.1. The van der Waals surface area contributed by atoms with Gasteiger partial charge >= 0.3 is 0 Å². The molecular weight excluding hydrogens is 431 g/mol. The van der Waals surface area contributed by atoms with Crippen molar-refractivity contribution in [1.82, 2.24) is 29.3 Å². The van der Waals surface area contributed by atoms with Gasteiger partial charge < -0.3 is 9.30 Å². The number of rotatable bonds is 4. The van der Waals surface area contributed by atoms with Crippen molar-refractivity contribution >= 4 is 0 Å². The number of methoxy groups -OCH3 is 1. The number of pyridine rings is 1. The van der Waals surface area contributed by atoms with Crippen molar-refractivity contribution < 1.29 is 9.13 Å². The number of hydrogen-bond donors (Lipinski definition) is 0. The molecule has 0 saturated heterocycles. The number of nitrogens with zero attached hydrogens (tertiary/aromatic N) is 6. The van der Waals surface area contributed by atoms with E-state index >= 15 is 0 Å². The Morgan fingerprint density at radius 2 is 1.94 bits per heavy atom. The Labute approximate surface area is 198 Å². The zero-order chi connectivity index (χ0) is 24.0. The molecule has 0 amide bonds. The molecular formula is C26H29FN6O. The van der Waals surface area contributed by atoms with Gasteiger partial charge in [-0.15, -0.1) is 5.10 Å². The lowest BCUT2D eigenvalue weighted by atomic mass is 9.82. The second kappa shape index (κ2) is 8.34. The summed E-state index contributed by atoms with van der Waals surface area (Å²) in [5.41, 5.74) is 3.88. The van der Waals surface area contributed by atoms with E-state index < -0.39 is 0 Å². The summed E-state index contributed by atoms with van der Waals surface area (Å²) in [6, 6.07) is 9.29. The molecule has 5 rings (SSSR count). The van der Waals surface area contributed by atoms with E-state index in [1.165, 1.54) is 0 Å². The summed E-state index contributed by atoms with van der Waals surface area (Å²) in [4.78, 5) is 13.9. The van der Waals surface area contributed by atoms with Crippen LogP contribution in [0, 0.1) is 12.7 Å². The average molecular weight is 461 g/mol. The number of ether oxygens (including phenoxy) is 1. The molecule has 0 spiro atoms. The van der Waals surface area contributed by atoms with Gasteiger partial charge in [-0.25, -0.2) is 24.0 Å². The summed E-state index contributed by atoms with van der Waals surface area (Å²) in [5, 5.41) is 4.76. The van der Waals surface area contributed by atoms with E-state index in [1.54, 1.807) is 19.5 Å². The SMILES string of the molecule is COc1nc(-c2nc3n(n2)CCC[C@H]3c2ccc(F)c(C(C)(C)C)c2)ccc1-n1cnc(C)c1.